The molecule has 0 saturated heterocycles. The molecule has 0 unspecified atom stereocenters. The van der Waals surface area contributed by atoms with E-state index >= 15 is 0 Å². The minimum absolute atomic E-state index is 0.0754. The molecule has 14 heteroatoms. The molecule has 3 aromatic heterocycles. The molecule has 1 amide bonds. The van der Waals surface area contributed by atoms with Crippen molar-refractivity contribution in [3.63, 3.8) is 0 Å². The molecule has 168 valence electrons. The molecule has 0 saturated carbocycles. The fraction of sp³-hybridized carbons (Fsp3) is 0.158. The Balaban J connectivity index is 1.45. The number of nitrogens with one attached hydrogen (secondary N) is 1. The van der Waals surface area contributed by atoms with E-state index in [0.717, 1.165) is 6.07 Å². The molecule has 4 aromatic rings. The van der Waals surface area contributed by atoms with Gasteiger partial charge in [-0.05, 0) is 11.6 Å². The lowest BCUT2D eigenvalue weighted by molar-refractivity contribution is -0.402. The summed E-state index contributed by atoms with van der Waals surface area (Å²) in [6, 6.07) is 8.24. The second-order valence-corrected chi connectivity index (χ2v) is 6.86. The summed E-state index contributed by atoms with van der Waals surface area (Å²) in [5.74, 6) is -1.37. The summed E-state index contributed by atoms with van der Waals surface area (Å²) in [5, 5.41) is 28.5. The van der Waals surface area contributed by atoms with Gasteiger partial charge in [-0.1, -0.05) is 12.1 Å². The highest BCUT2D eigenvalue weighted by Gasteiger charge is 2.17. The van der Waals surface area contributed by atoms with Crippen LogP contribution in [0.1, 0.15) is 16.1 Å². The van der Waals surface area contributed by atoms with E-state index in [1.807, 2.05) is 0 Å². The quantitative estimate of drug-likeness (QED) is 0.305. The lowest BCUT2D eigenvalue weighted by atomic mass is 10.2. The van der Waals surface area contributed by atoms with Crippen LogP contribution in [0.25, 0.3) is 11.0 Å². The van der Waals surface area contributed by atoms with Crippen LogP contribution in [0.4, 0.5) is 11.6 Å². The monoisotopic (exact) mass is 453 g/mol. The predicted molar refractivity (Wildman–Crippen MR) is 112 cm³/mol. The average Bonchev–Trinajstić information content (AvgIpc) is 3.44. The number of nitro groups is 2. The first-order valence-corrected chi connectivity index (χ1v) is 9.50. The van der Waals surface area contributed by atoms with E-state index < -0.39 is 21.6 Å². The topological polar surface area (TPSA) is 181 Å². The Hall–Kier alpha value is -4.88. The maximum atomic E-state index is 12.8. The molecule has 0 atom stereocenters. The van der Waals surface area contributed by atoms with Gasteiger partial charge in [0.1, 0.15) is 16.6 Å². The summed E-state index contributed by atoms with van der Waals surface area (Å²) in [6.07, 6.45) is 2.68. The number of carbonyl (C=O) groups is 1. The average molecular weight is 453 g/mol. The van der Waals surface area contributed by atoms with Crippen molar-refractivity contribution in [1.29, 1.82) is 0 Å². The van der Waals surface area contributed by atoms with Crippen molar-refractivity contribution >= 4 is 28.5 Å². The molecule has 0 aliphatic carbocycles. The smallest absolute Gasteiger partial charge is 0.395 e. The first-order valence-electron chi connectivity index (χ1n) is 9.50. The number of hydrogen-bond donors (Lipinski definition) is 1. The van der Waals surface area contributed by atoms with Crippen LogP contribution in [-0.4, -0.2) is 41.6 Å². The Labute approximate surface area is 183 Å². The van der Waals surface area contributed by atoms with Crippen molar-refractivity contribution in [3.05, 3.63) is 90.8 Å². The van der Waals surface area contributed by atoms with Gasteiger partial charge in [0, 0.05) is 18.7 Å². The zero-order valence-electron chi connectivity index (χ0n) is 16.8. The highest BCUT2D eigenvalue weighted by molar-refractivity contribution is 5.91. The maximum absolute atomic E-state index is 12.8. The number of hydrogen-bond acceptors (Lipinski definition) is 9. The number of aromatic nitrogens is 4. The van der Waals surface area contributed by atoms with E-state index in [4.69, 9.17) is 4.42 Å². The summed E-state index contributed by atoms with van der Waals surface area (Å²) in [7, 11) is 0. The minimum Gasteiger partial charge on any atom is -0.395 e. The van der Waals surface area contributed by atoms with E-state index in [-0.39, 0.29) is 42.0 Å². The number of benzene rings is 1. The Morgan fingerprint density at radius 2 is 1.97 bits per heavy atom. The number of non-ortho nitro benzene ring substituents is 1. The molecule has 0 fully saturated rings. The second-order valence-electron chi connectivity index (χ2n) is 6.86. The standard InChI is InChI=1S/C19H15N7O7/c27-18(15-4-5-16(33-15)26(31)32)20-6-7-24-17-14(9-22-24)19(28)23(11-21-17)10-12-2-1-3-13(8-12)25(29)30/h1-5,8-9,11H,6-7,10H2,(H,20,27). The highest BCUT2D eigenvalue weighted by atomic mass is 16.6. The molecule has 33 heavy (non-hydrogen) atoms. The number of carbonyl (C=O) groups excluding carboxylic acids is 1. The van der Waals surface area contributed by atoms with Gasteiger partial charge in [-0.25, -0.2) is 9.67 Å². The molecule has 0 spiro atoms. The van der Waals surface area contributed by atoms with E-state index in [1.54, 1.807) is 6.07 Å². The molecular formula is C19H15N7O7. The molecule has 1 N–H and O–H groups in total. The van der Waals surface area contributed by atoms with Crippen LogP contribution in [0.15, 0.2) is 58.1 Å². The van der Waals surface area contributed by atoms with Gasteiger partial charge in [-0.2, -0.15) is 5.10 Å². The molecule has 4 rings (SSSR count). The van der Waals surface area contributed by atoms with Crippen LogP contribution in [0.2, 0.25) is 0 Å². The van der Waals surface area contributed by atoms with Gasteiger partial charge < -0.3 is 9.73 Å². The SMILES string of the molecule is O=C(NCCn1ncc2c(=O)n(Cc3cccc([N+](=O)[O-])c3)cnc21)c1ccc([N+](=O)[O-])o1. The van der Waals surface area contributed by atoms with Gasteiger partial charge in [0.15, 0.2) is 11.4 Å². The van der Waals surface area contributed by atoms with Gasteiger partial charge in [0.05, 0.1) is 30.3 Å². The van der Waals surface area contributed by atoms with Gasteiger partial charge in [-0.15, -0.1) is 0 Å². The van der Waals surface area contributed by atoms with Gasteiger partial charge >= 0.3 is 5.88 Å². The third kappa shape index (κ3) is 4.43. The highest BCUT2D eigenvalue weighted by Crippen LogP contribution is 2.16. The van der Waals surface area contributed by atoms with Crippen LogP contribution >= 0.6 is 0 Å². The third-order valence-electron chi connectivity index (χ3n) is 4.70. The zero-order valence-corrected chi connectivity index (χ0v) is 16.8. The molecule has 0 aliphatic heterocycles. The van der Waals surface area contributed by atoms with Gasteiger partial charge in [0.25, 0.3) is 17.2 Å². The summed E-state index contributed by atoms with van der Waals surface area (Å²) in [5.41, 5.74) is 0.428. The maximum Gasteiger partial charge on any atom is 0.433 e. The Kier molecular flexibility index (Phi) is 5.63. The van der Waals surface area contributed by atoms with Gasteiger partial charge in [-0.3, -0.25) is 34.4 Å². The first-order chi connectivity index (χ1) is 15.8. The predicted octanol–water partition coefficient (Wildman–Crippen LogP) is 1.48. The number of furan rings is 1. The van der Waals surface area contributed by atoms with Crippen molar-refractivity contribution in [1.82, 2.24) is 24.6 Å². The van der Waals surface area contributed by atoms with Crippen molar-refractivity contribution in [3.8, 4) is 0 Å². The zero-order chi connectivity index (χ0) is 23.5. The summed E-state index contributed by atoms with van der Waals surface area (Å²) >= 11 is 0. The second kappa shape index (κ2) is 8.70. The number of rotatable bonds is 8. The van der Waals surface area contributed by atoms with Gasteiger partial charge in [0.2, 0.25) is 0 Å². The van der Waals surface area contributed by atoms with E-state index in [9.17, 15) is 29.8 Å². The van der Waals surface area contributed by atoms with Crippen LogP contribution < -0.4 is 10.9 Å². The summed E-state index contributed by atoms with van der Waals surface area (Å²) < 4.78 is 7.58. The van der Waals surface area contributed by atoms with Crippen molar-refractivity contribution in [2.75, 3.05) is 6.54 Å². The summed E-state index contributed by atoms with van der Waals surface area (Å²) in [4.78, 5) is 49.4. The van der Waals surface area contributed by atoms with Crippen LogP contribution in [-0.2, 0) is 13.1 Å². The Morgan fingerprint density at radius 1 is 1.15 bits per heavy atom. The van der Waals surface area contributed by atoms with Crippen LogP contribution in [0.3, 0.4) is 0 Å². The fourth-order valence-corrected chi connectivity index (χ4v) is 3.15. The minimum atomic E-state index is -0.746. The molecule has 0 aliphatic rings. The van der Waals surface area contributed by atoms with E-state index in [2.05, 4.69) is 15.4 Å². The van der Waals surface area contributed by atoms with Crippen LogP contribution in [0, 0.1) is 20.2 Å². The van der Waals surface area contributed by atoms with E-state index in [1.165, 1.54) is 46.0 Å². The van der Waals surface area contributed by atoms with Crippen molar-refractivity contribution in [2.24, 2.45) is 0 Å². The number of nitro benzene ring substituents is 1. The number of amides is 1. The van der Waals surface area contributed by atoms with E-state index in [0.29, 0.717) is 11.2 Å². The molecule has 0 radical (unpaired) electrons. The van der Waals surface area contributed by atoms with Crippen LogP contribution in [0.5, 0.6) is 0 Å². The number of nitrogens with zero attached hydrogens (tertiary/aromatic N) is 6. The molecule has 3 heterocycles. The lowest BCUT2D eigenvalue weighted by Gasteiger charge is -2.07. The van der Waals surface area contributed by atoms with Crippen molar-refractivity contribution < 1.29 is 19.1 Å². The third-order valence-corrected chi connectivity index (χ3v) is 4.70. The largest absolute Gasteiger partial charge is 0.433 e. The molecule has 1 aromatic carbocycles. The Morgan fingerprint density at radius 3 is 2.70 bits per heavy atom. The summed E-state index contributed by atoms with van der Waals surface area (Å²) in [6.45, 7) is 0.377. The van der Waals surface area contributed by atoms with Crippen molar-refractivity contribution in [2.45, 2.75) is 13.1 Å². The molecular weight excluding hydrogens is 438 g/mol. The normalized spacial score (nSPS) is 10.9. The molecule has 14 nitrogen and oxygen atoms in total. The first kappa shape index (κ1) is 21.4. The fourth-order valence-electron chi connectivity index (χ4n) is 3.15. The lowest BCUT2D eigenvalue weighted by Crippen LogP contribution is -2.27. The number of fused-ring (bicyclic) bond motifs is 1. The molecule has 0 bridgehead atoms. The Bertz CT molecular complexity index is 1440.